The normalized spacial score (nSPS) is 13.8. The topological polar surface area (TPSA) is 58.1 Å². The Kier molecular flexibility index (Phi) is 5.21. The quantitative estimate of drug-likeness (QED) is 0.762. The summed E-state index contributed by atoms with van der Waals surface area (Å²) in [6.45, 7) is 3.47. The Balaban J connectivity index is 1.29. The van der Waals surface area contributed by atoms with Crippen molar-refractivity contribution in [3.05, 3.63) is 83.8 Å². The van der Waals surface area contributed by atoms with Crippen LogP contribution in [0.5, 0.6) is 0 Å². The molecule has 27 heavy (non-hydrogen) atoms. The molecule has 2 aromatic heterocycles. The van der Waals surface area contributed by atoms with Crippen LogP contribution < -0.4 is 5.32 Å². The zero-order chi connectivity index (χ0) is 18.5. The number of nitrogens with zero attached hydrogens (tertiary/aromatic N) is 3. The van der Waals surface area contributed by atoms with Crippen LogP contribution in [0.4, 0.5) is 0 Å². The van der Waals surface area contributed by atoms with Gasteiger partial charge in [-0.1, -0.05) is 24.3 Å². The van der Waals surface area contributed by atoms with Crippen molar-refractivity contribution in [2.75, 3.05) is 19.6 Å². The molecule has 0 spiro atoms. The summed E-state index contributed by atoms with van der Waals surface area (Å²) in [5, 5.41) is 3.00. The van der Waals surface area contributed by atoms with E-state index < -0.39 is 0 Å². The van der Waals surface area contributed by atoms with E-state index in [9.17, 15) is 4.79 Å². The van der Waals surface area contributed by atoms with E-state index in [1.807, 2.05) is 24.3 Å². The highest BCUT2D eigenvalue weighted by Gasteiger charge is 2.15. The number of benzene rings is 1. The highest BCUT2D eigenvalue weighted by atomic mass is 16.1. The number of rotatable bonds is 5. The molecule has 0 atom stereocenters. The molecule has 0 unspecified atom stereocenters. The van der Waals surface area contributed by atoms with Crippen LogP contribution in [0.1, 0.15) is 21.5 Å². The molecule has 3 aromatic rings. The maximum atomic E-state index is 12.4. The van der Waals surface area contributed by atoms with E-state index in [1.54, 1.807) is 18.6 Å². The maximum Gasteiger partial charge on any atom is 0.252 e. The van der Waals surface area contributed by atoms with Gasteiger partial charge < -0.3 is 5.32 Å². The van der Waals surface area contributed by atoms with Crippen molar-refractivity contribution >= 4 is 5.91 Å². The SMILES string of the molecule is O=C(NCCN1CCc2ccccc2C1)c1ccc(-c2cccnc2)nc1. The zero-order valence-corrected chi connectivity index (χ0v) is 15.1. The second kappa shape index (κ2) is 8.10. The van der Waals surface area contributed by atoms with Gasteiger partial charge in [-0.05, 0) is 41.8 Å². The number of fused-ring (bicyclic) bond motifs is 1. The standard InChI is InChI=1S/C22H22N4O/c27-22(19-7-8-21(25-15-19)18-6-3-10-23-14-18)24-11-13-26-12-9-17-4-1-2-5-20(17)16-26/h1-8,10,14-15H,9,11-13,16H2,(H,24,27). The van der Waals surface area contributed by atoms with Crippen LogP contribution in [-0.2, 0) is 13.0 Å². The Morgan fingerprint density at radius 1 is 1.04 bits per heavy atom. The molecule has 136 valence electrons. The Morgan fingerprint density at radius 3 is 2.70 bits per heavy atom. The third kappa shape index (κ3) is 4.20. The minimum absolute atomic E-state index is 0.0855. The summed E-state index contributed by atoms with van der Waals surface area (Å²) in [5.41, 5.74) is 5.16. The van der Waals surface area contributed by atoms with E-state index >= 15 is 0 Å². The molecule has 0 saturated heterocycles. The molecule has 0 radical (unpaired) electrons. The molecule has 3 heterocycles. The van der Waals surface area contributed by atoms with Crippen LogP contribution >= 0.6 is 0 Å². The number of aromatic nitrogens is 2. The molecule has 1 N–H and O–H groups in total. The number of hydrogen-bond acceptors (Lipinski definition) is 4. The minimum Gasteiger partial charge on any atom is -0.351 e. The summed E-state index contributed by atoms with van der Waals surface area (Å²) in [7, 11) is 0. The Morgan fingerprint density at radius 2 is 1.93 bits per heavy atom. The molecule has 0 bridgehead atoms. The molecule has 1 aliphatic rings. The Labute approximate surface area is 159 Å². The van der Waals surface area contributed by atoms with E-state index in [0.717, 1.165) is 37.3 Å². The van der Waals surface area contributed by atoms with Gasteiger partial charge in [0.05, 0.1) is 11.3 Å². The lowest BCUT2D eigenvalue weighted by molar-refractivity contribution is 0.0947. The molecular formula is C22H22N4O. The van der Waals surface area contributed by atoms with Crippen molar-refractivity contribution in [2.24, 2.45) is 0 Å². The third-order valence-electron chi connectivity index (χ3n) is 4.91. The summed E-state index contributed by atoms with van der Waals surface area (Å²) in [6.07, 6.45) is 6.18. The van der Waals surface area contributed by atoms with Crippen LogP contribution in [0.3, 0.4) is 0 Å². The van der Waals surface area contributed by atoms with Crippen LogP contribution in [0.25, 0.3) is 11.3 Å². The van der Waals surface area contributed by atoms with Gasteiger partial charge in [0.25, 0.3) is 5.91 Å². The van der Waals surface area contributed by atoms with Gasteiger partial charge in [0.15, 0.2) is 0 Å². The van der Waals surface area contributed by atoms with Crippen molar-refractivity contribution in [1.82, 2.24) is 20.2 Å². The average Bonchev–Trinajstić information content (AvgIpc) is 2.74. The van der Waals surface area contributed by atoms with Gasteiger partial charge in [-0.15, -0.1) is 0 Å². The lowest BCUT2D eigenvalue weighted by Crippen LogP contribution is -2.37. The minimum atomic E-state index is -0.0855. The monoisotopic (exact) mass is 358 g/mol. The molecule has 1 amide bonds. The van der Waals surface area contributed by atoms with E-state index in [-0.39, 0.29) is 5.91 Å². The highest BCUT2D eigenvalue weighted by molar-refractivity contribution is 5.94. The third-order valence-corrected chi connectivity index (χ3v) is 4.91. The second-order valence-corrected chi connectivity index (χ2v) is 6.72. The van der Waals surface area contributed by atoms with Gasteiger partial charge in [0.2, 0.25) is 0 Å². The molecule has 5 nitrogen and oxygen atoms in total. The Bertz CT molecular complexity index is 909. The molecule has 0 saturated carbocycles. The fraction of sp³-hybridized carbons (Fsp3) is 0.227. The summed E-state index contributed by atoms with van der Waals surface area (Å²) in [4.78, 5) is 23.2. The van der Waals surface area contributed by atoms with Crippen molar-refractivity contribution < 1.29 is 4.79 Å². The largest absolute Gasteiger partial charge is 0.351 e. The predicted octanol–water partition coefficient (Wildman–Crippen LogP) is 2.93. The first-order valence-electron chi connectivity index (χ1n) is 9.23. The lowest BCUT2D eigenvalue weighted by Gasteiger charge is -2.28. The van der Waals surface area contributed by atoms with Gasteiger partial charge >= 0.3 is 0 Å². The zero-order valence-electron chi connectivity index (χ0n) is 15.1. The molecule has 5 heteroatoms. The number of hydrogen-bond donors (Lipinski definition) is 1. The van der Waals surface area contributed by atoms with Gasteiger partial charge in [-0.2, -0.15) is 0 Å². The predicted molar refractivity (Wildman–Crippen MR) is 105 cm³/mol. The highest BCUT2D eigenvalue weighted by Crippen LogP contribution is 2.18. The first-order chi connectivity index (χ1) is 13.3. The van der Waals surface area contributed by atoms with Crippen molar-refractivity contribution in [3.8, 4) is 11.3 Å². The lowest BCUT2D eigenvalue weighted by atomic mass is 10.00. The van der Waals surface area contributed by atoms with E-state index in [2.05, 4.69) is 44.5 Å². The fourth-order valence-electron chi connectivity index (χ4n) is 3.39. The second-order valence-electron chi connectivity index (χ2n) is 6.72. The van der Waals surface area contributed by atoms with E-state index in [0.29, 0.717) is 12.1 Å². The van der Waals surface area contributed by atoms with Crippen LogP contribution in [-0.4, -0.2) is 40.4 Å². The molecule has 4 rings (SSSR count). The maximum absolute atomic E-state index is 12.4. The molecular weight excluding hydrogens is 336 g/mol. The van der Waals surface area contributed by atoms with Crippen LogP contribution in [0.2, 0.25) is 0 Å². The first-order valence-corrected chi connectivity index (χ1v) is 9.23. The van der Waals surface area contributed by atoms with Gasteiger partial charge in [0, 0.05) is 50.3 Å². The number of carbonyl (C=O) groups is 1. The van der Waals surface area contributed by atoms with Crippen molar-refractivity contribution in [1.29, 1.82) is 0 Å². The average molecular weight is 358 g/mol. The molecule has 1 aromatic carbocycles. The first kappa shape index (κ1) is 17.4. The number of amides is 1. The molecule has 0 aliphatic carbocycles. The van der Waals surface area contributed by atoms with Crippen molar-refractivity contribution in [2.45, 2.75) is 13.0 Å². The van der Waals surface area contributed by atoms with Gasteiger partial charge in [0.1, 0.15) is 0 Å². The van der Waals surface area contributed by atoms with Crippen molar-refractivity contribution in [3.63, 3.8) is 0 Å². The smallest absolute Gasteiger partial charge is 0.252 e. The van der Waals surface area contributed by atoms with Crippen LogP contribution in [0, 0.1) is 0 Å². The van der Waals surface area contributed by atoms with Gasteiger partial charge in [-0.3, -0.25) is 19.7 Å². The molecule has 0 fully saturated rings. The fourth-order valence-corrected chi connectivity index (χ4v) is 3.39. The number of nitrogens with one attached hydrogen (secondary N) is 1. The number of carbonyl (C=O) groups excluding carboxylic acids is 1. The van der Waals surface area contributed by atoms with Gasteiger partial charge in [-0.25, -0.2) is 0 Å². The van der Waals surface area contributed by atoms with Crippen LogP contribution in [0.15, 0.2) is 67.1 Å². The molecule has 1 aliphatic heterocycles. The summed E-state index contributed by atoms with van der Waals surface area (Å²) >= 11 is 0. The van der Waals surface area contributed by atoms with E-state index in [1.165, 1.54) is 11.1 Å². The summed E-state index contributed by atoms with van der Waals surface area (Å²) in [5.74, 6) is -0.0855. The summed E-state index contributed by atoms with van der Waals surface area (Å²) < 4.78 is 0. The summed E-state index contributed by atoms with van der Waals surface area (Å²) in [6, 6.07) is 16.1. The Hall–Kier alpha value is -3.05. The number of pyridine rings is 2. The van der Waals surface area contributed by atoms with E-state index in [4.69, 9.17) is 0 Å².